The van der Waals surface area contributed by atoms with Gasteiger partial charge < -0.3 is 10.2 Å². The number of quaternary nitrogens is 1. The molecule has 204 valence electrons. The molecule has 35 heavy (non-hydrogen) atoms. The van der Waals surface area contributed by atoms with E-state index in [2.05, 4.69) is 11.9 Å². The highest BCUT2D eigenvalue weighted by atomic mass is 32.2. The number of aliphatic imine (C=N–C) groups is 1. The summed E-state index contributed by atoms with van der Waals surface area (Å²) in [6, 6.07) is 0. The van der Waals surface area contributed by atoms with Crippen LogP contribution in [0.3, 0.4) is 0 Å². The molecule has 1 aliphatic heterocycles. The molecule has 0 fully saturated rings. The second kappa shape index (κ2) is 18.2. The first-order valence-electron chi connectivity index (χ1n) is 13.6. The third-order valence-electron chi connectivity index (χ3n) is 6.69. The van der Waals surface area contributed by atoms with Crippen molar-refractivity contribution in [1.29, 1.82) is 0 Å². The maximum Gasteiger partial charge on any atom is 0.271 e. The summed E-state index contributed by atoms with van der Waals surface area (Å²) in [5, 5.41) is 19.6. The molecule has 0 aromatic rings. The first-order valence-corrected chi connectivity index (χ1v) is 15.2. The number of unbranched alkanes of at least 4 members (excludes halogenated alkanes) is 13. The molecular weight excluding hydrogens is 468 g/mol. The summed E-state index contributed by atoms with van der Waals surface area (Å²) in [5.41, 5.74) is 0. The number of carbonyl (C=O) groups is 1. The highest BCUT2D eigenvalue weighted by Gasteiger charge is 2.43. The van der Waals surface area contributed by atoms with Crippen molar-refractivity contribution in [2.24, 2.45) is 4.99 Å². The van der Waals surface area contributed by atoms with Crippen LogP contribution in [0.5, 0.6) is 0 Å². The van der Waals surface area contributed by atoms with Gasteiger partial charge in [0.15, 0.2) is 0 Å². The maximum absolute atomic E-state index is 12.8. The van der Waals surface area contributed by atoms with Crippen LogP contribution in [0.1, 0.15) is 96.8 Å². The molecule has 0 saturated heterocycles. The van der Waals surface area contributed by atoms with Gasteiger partial charge in [-0.2, -0.15) is 8.42 Å². The molecule has 1 rings (SSSR count). The summed E-state index contributed by atoms with van der Waals surface area (Å²) in [4.78, 5) is 17.1. The van der Waals surface area contributed by atoms with Gasteiger partial charge in [0.1, 0.15) is 31.5 Å². The molecule has 3 N–H and O–H groups in total. The van der Waals surface area contributed by atoms with Crippen LogP contribution in [-0.2, 0) is 14.9 Å². The fraction of sp³-hybridized carbons (Fsp3) is 0.846. The number of amidine groups is 1. The van der Waals surface area contributed by atoms with Crippen LogP contribution in [0, 0.1) is 0 Å². The number of aliphatic hydroxyl groups excluding tert-OH is 2. The molecule has 0 radical (unpaired) electrons. The number of hydrogen-bond donors (Lipinski definition) is 3. The van der Waals surface area contributed by atoms with Crippen molar-refractivity contribution in [2.75, 3.05) is 38.5 Å². The lowest BCUT2D eigenvalue weighted by Gasteiger charge is -2.34. The van der Waals surface area contributed by atoms with Gasteiger partial charge in [0.2, 0.25) is 0 Å². The Kier molecular flexibility index (Phi) is 16.6. The van der Waals surface area contributed by atoms with Crippen molar-refractivity contribution in [1.82, 2.24) is 0 Å². The molecule has 8 nitrogen and oxygen atoms in total. The lowest BCUT2D eigenvalue weighted by Crippen LogP contribution is -2.58. The number of aliphatic hydroxyl groups is 2. The van der Waals surface area contributed by atoms with Gasteiger partial charge in [-0.15, -0.1) is 0 Å². The van der Waals surface area contributed by atoms with E-state index in [4.69, 9.17) is 4.55 Å². The predicted octanol–water partition coefficient (Wildman–Crippen LogP) is 4.06. The largest absolute Gasteiger partial charge is 0.390 e. The van der Waals surface area contributed by atoms with Crippen molar-refractivity contribution in [2.45, 2.75) is 103 Å². The number of allylic oxidation sites excluding steroid dienone is 1. The molecule has 0 aromatic heterocycles. The number of hydrogen-bond acceptors (Lipinski definition) is 6. The predicted molar refractivity (Wildman–Crippen MR) is 141 cm³/mol. The van der Waals surface area contributed by atoms with Gasteiger partial charge in [-0.1, -0.05) is 90.0 Å². The molecule has 0 amide bonds. The van der Waals surface area contributed by atoms with Crippen LogP contribution >= 0.6 is 0 Å². The van der Waals surface area contributed by atoms with Crippen LogP contribution in [0.4, 0.5) is 0 Å². The Hall–Kier alpha value is -1.13. The quantitative estimate of drug-likeness (QED) is 0.0861. The van der Waals surface area contributed by atoms with E-state index in [1.807, 2.05) is 6.08 Å². The number of ketones is 1. The minimum Gasteiger partial charge on any atom is -0.390 e. The fourth-order valence-corrected chi connectivity index (χ4v) is 5.43. The summed E-state index contributed by atoms with van der Waals surface area (Å²) < 4.78 is 31.1. The van der Waals surface area contributed by atoms with Crippen LogP contribution in [0.2, 0.25) is 0 Å². The smallest absolute Gasteiger partial charge is 0.271 e. The Morgan fingerprint density at radius 1 is 1.00 bits per heavy atom. The van der Waals surface area contributed by atoms with Crippen LogP contribution in [0.15, 0.2) is 17.1 Å². The van der Waals surface area contributed by atoms with E-state index >= 15 is 0 Å². The highest BCUT2D eigenvalue weighted by Crippen LogP contribution is 2.19. The van der Waals surface area contributed by atoms with Gasteiger partial charge in [-0.05, 0) is 18.9 Å². The lowest BCUT2D eigenvalue weighted by atomic mass is 10.0. The first kappa shape index (κ1) is 31.9. The van der Waals surface area contributed by atoms with Crippen molar-refractivity contribution in [3.63, 3.8) is 0 Å². The summed E-state index contributed by atoms with van der Waals surface area (Å²) in [6.45, 7) is 2.84. The first-order chi connectivity index (χ1) is 16.7. The van der Waals surface area contributed by atoms with Crippen molar-refractivity contribution < 1.29 is 32.5 Å². The molecule has 9 heteroatoms. The molecule has 0 bridgehead atoms. The monoisotopic (exact) mass is 517 g/mol. The van der Waals surface area contributed by atoms with Gasteiger partial charge >= 0.3 is 0 Å². The normalized spacial score (nSPS) is 19.4. The molecular formula is C26H49N2O6S+. The lowest BCUT2D eigenvalue weighted by molar-refractivity contribution is -0.837. The second-order valence-corrected chi connectivity index (χ2v) is 11.4. The molecule has 0 aromatic carbocycles. The molecule has 2 unspecified atom stereocenters. The Labute approximate surface area is 212 Å². The van der Waals surface area contributed by atoms with E-state index in [0.29, 0.717) is 13.1 Å². The van der Waals surface area contributed by atoms with Gasteiger partial charge in [0.25, 0.3) is 21.7 Å². The van der Waals surface area contributed by atoms with E-state index in [-0.39, 0.29) is 35.8 Å². The second-order valence-electron chi connectivity index (χ2n) is 9.90. The fourth-order valence-electron chi connectivity index (χ4n) is 4.84. The zero-order valence-electron chi connectivity index (χ0n) is 21.7. The van der Waals surface area contributed by atoms with Crippen LogP contribution in [0.25, 0.3) is 0 Å². The number of rotatable bonds is 22. The van der Waals surface area contributed by atoms with Crippen LogP contribution in [-0.4, -0.2) is 83.9 Å². The van der Waals surface area contributed by atoms with E-state index in [1.165, 1.54) is 76.7 Å². The zero-order valence-corrected chi connectivity index (χ0v) is 22.6. The Morgan fingerprint density at radius 2 is 1.54 bits per heavy atom. The van der Waals surface area contributed by atoms with E-state index in [1.54, 1.807) is 0 Å². The minimum atomic E-state index is -4.34. The molecule has 0 spiro atoms. The average molecular weight is 518 g/mol. The van der Waals surface area contributed by atoms with Gasteiger partial charge in [0.05, 0.1) is 13.2 Å². The summed E-state index contributed by atoms with van der Waals surface area (Å²) in [7, 11) is -4.34. The molecule has 1 heterocycles. The van der Waals surface area contributed by atoms with Crippen molar-refractivity contribution >= 4 is 21.7 Å². The topological polar surface area (TPSA) is 124 Å². The molecule has 2 atom stereocenters. The van der Waals surface area contributed by atoms with Crippen molar-refractivity contribution in [3.05, 3.63) is 12.2 Å². The zero-order chi connectivity index (χ0) is 26.0. The van der Waals surface area contributed by atoms with Gasteiger partial charge in [-0.25, -0.2) is 4.99 Å². The summed E-state index contributed by atoms with van der Waals surface area (Å²) >= 11 is 0. The van der Waals surface area contributed by atoms with E-state index in [0.717, 1.165) is 19.3 Å². The SMILES string of the molecule is CCCCCCCCCCCCCCC/C=C/C(=O)C1=NCC[N+]1(CCO)CC(O)CS(=O)(=O)O. The van der Waals surface area contributed by atoms with Crippen molar-refractivity contribution in [3.8, 4) is 0 Å². The Balaban J connectivity index is 2.28. The van der Waals surface area contributed by atoms with Gasteiger partial charge in [-0.3, -0.25) is 13.8 Å². The minimum absolute atomic E-state index is 0.0743. The molecule has 0 saturated carbocycles. The van der Waals surface area contributed by atoms with E-state index < -0.39 is 22.0 Å². The molecule has 0 aliphatic carbocycles. The van der Waals surface area contributed by atoms with Crippen LogP contribution < -0.4 is 0 Å². The Morgan fingerprint density at radius 3 is 2.06 bits per heavy atom. The highest BCUT2D eigenvalue weighted by molar-refractivity contribution is 7.85. The standard InChI is InChI=1S/C26H48N2O6S/c1-2-3-4-5-6-7-8-9-10-11-12-13-14-15-16-17-25(31)26-27-18-19-28(26,20-21-29)22-24(30)23-35(32,33)34/h16-17,24,29-30H,2-15,18-23H2,1H3/p+1/b17-16+. The Bertz CT molecular complexity index is 753. The van der Waals surface area contributed by atoms with Gasteiger partial charge in [0, 0.05) is 0 Å². The van der Waals surface area contributed by atoms with E-state index in [9.17, 15) is 23.4 Å². The summed E-state index contributed by atoms with van der Waals surface area (Å²) in [6.07, 6.45) is 19.6. The average Bonchev–Trinajstić information content (AvgIpc) is 3.18. The number of nitrogens with zero attached hydrogens (tertiary/aromatic N) is 2. The molecule has 1 aliphatic rings. The summed E-state index contributed by atoms with van der Waals surface area (Å²) in [5.74, 6) is -0.853. The third-order valence-corrected chi connectivity index (χ3v) is 7.50. The number of carbonyl (C=O) groups excluding carboxylic acids is 1. The third kappa shape index (κ3) is 14.3. The maximum atomic E-state index is 12.8.